The lowest BCUT2D eigenvalue weighted by Crippen LogP contribution is -2.38. The third-order valence-electron chi connectivity index (χ3n) is 2.93. The van der Waals surface area contributed by atoms with Crippen molar-refractivity contribution < 1.29 is 14.6 Å². The van der Waals surface area contributed by atoms with Gasteiger partial charge in [0, 0.05) is 13.2 Å². The second kappa shape index (κ2) is 8.91. The van der Waals surface area contributed by atoms with Crippen LogP contribution in [0.2, 0.25) is 0 Å². The Kier molecular flexibility index (Phi) is 7.48. The maximum absolute atomic E-state index is 9.23. The number of rotatable bonds is 9. The molecule has 0 bridgehead atoms. The van der Waals surface area contributed by atoms with E-state index in [-0.39, 0.29) is 18.7 Å². The van der Waals surface area contributed by atoms with Gasteiger partial charge in [0.2, 0.25) is 0 Å². The van der Waals surface area contributed by atoms with Crippen LogP contribution in [0.25, 0.3) is 0 Å². The average Bonchev–Trinajstić information content (AvgIpc) is 2.45. The molecule has 0 aromatic heterocycles. The Labute approximate surface area is 115 Å². The van der Waals surface area contributed by atoms with Gasteiger partial charge in [-0.25, -0.2) is 0 Å². The minimum atomic E-state index is -0.0454. The summed E-state index contributed by atoms with van der Waals surface area (Å²) >= 11 is 0. The predicted octanol–water partition coefficient (Wildman–Crippen LogP) is 2.13. The van der Waals surface area contributed by atoms with E-state index < -0.39 is 0 Å². The van der Waals surface area contributed by atoms with Gasteiger partial charge in [-0.1, -0.05) is 19.1 Å². The second-order valence-corrected chi connectivity index (χ2v) is 4.64. The molecule has 2 N–H and O–H groups in total. The maximum atomic E-state index is 9.23. The van der Waals surface area contributed by atoms with E-state index in [1.807, 2.05) is 24.3 Å². The average molecular weight is 267 g/mol. The molecule has 1 aromatic rings. The Morgan fingerprint density at radius 2 is 1.95 bits per heavy atom. The third kappa shape index (κ3) is 5.59. The quantitative estimate of drug-likeness (QED) is 0.719. The van der Waals surface area contributed by atoms with Gasteiger partial charge < -0.3 is 19.9 Å². The summed E-state index contributed by atoms with van der Waals surface area (Å²) in [4.78, 5) is 0. The molecule has 4 heteroatoms. The molecule has 2 atom stereocenters. The first-order chi connectivity index (χ1) is 9.21. The fourth-order valence-corrected chi connectivity index (χ4v) is 1.88. The standard InChI is InChI=1S/C15H25NO3/c1-4-9-19-15-7-5-13(6-8-15)12(2)16-14(10-17)11-18-3/h5-8,12,14,16-17H,4,9-11H2,1-3H3. The van der Waals surface area contributed by atoms with E-state index in [1.165, 1.54) is 5.56 Å². The van der Waals surface area contributed by atoms with E-state index in [4.69, 9.17) is 9.47 Å². The van der Waals surface area contributed by atoms with Gasteiger partial charge in [-0.05, 0) is 31.0 Å². The van der Waals surface area contributed by atoms with E-state index in [2.05, 4.69) is 19.2 Å². The minimum absolute atomic E-state index is 0.0454. The van der Waals surface area contributed by atoms with Gasteiger partial charge in [0.05, 0.1) is 25.9 Å². The summed E-state index contributed by atoms with van der Waals surface area (Å²) in [5, 5.41) is 12.6. The molecule has 19 heavy (non-hydrogen) atoms. The molecule has 0 aliphatic heterocycles. The molecule has 0 amide bonds. The third-order valence-corrected chi connectivity index (χ3v) is 2.93. The Balaban J connectivity index is 2.54. The fraction of sp³-hybridized carbons (Fsp3) is 0.600. The summed E-state index contributed by atoms with van der Waals surface area (Å²) < 4.78 is 10.6. The number of aliphatic hydroxyl groups excluding tert-OH is 1. The summed E-state index contributed by atoms with van der Waals surface area (Å²) in [6.45, 7) is 5.47. The molecule has 0 aliphatic carbocycles. The van der Waals surface area contributed by atoms with Crippen molar-refractivity contribution in [3.63, 3.8) is 0 Å². The van der Waals surface area contributed by atoms with E-state index in [0.29, 0.717) is 6.61 Å². The van der Waals surface area contributed by atoms with Crippen molar-refractivity contribution in [2.75, 3.05) is 26.9 Å². The highest BCUT2D eigenvalue weighted by Gasteiger charge is 2.12. The SMILES string of the molecule is CCCOc1ccc(C(C)NC(CO)COC)cc1. The summed E-state index contributed by atoms with van der Waals surface area (Å²) in [6, 6.07) is 8.16. The summed E-state index contributed by atoms with van der Waals surface area (Å²) in [6.07, 6.45) is 1.01. The lowest BCUT2D eigenvalue weighted by molar-refractivity contribution is 0.123. The normalized spacial score (nSPS) is 14.1. The van der Waals surface area contributed by atoms with Crippen LogP contribution in [0.4, 0.5) is 0 Å². The highest BCUT2D eigenvalue weighted by molar-refractivity contribution is 5.29. The van der Waals surface area contributed by atoms with Crippen molar-refractivity contribution in [2.24, 2.45) is 0 Å². The molecule has 0 saturated heterocycles. The zero-order valence-electron chi connectivity index (χ0n) is 12.1. The van der Waals surface area contributed by atoms with Crippen molar-refractivity contribution >= 4 is 0 Å². The summed E-state index contributed by atoms with van der Waals surface area (Å²) in [5.74, 6) is 0.897. The van der Waals surface area contributed by atoms with E-state index in [1.54, 1.807) is 7.11 Å². The smallest absolute Gasteiger partial charge is 0.119 e. The number of benzene rings is 1. The largest absolute Gasteiger partial charge is 0.494 e. The molecule has 1 rings (SSSR count). The Morgan fingerprint density at radius 3 is 2.47 bits per heavy atom. The van der Waals surface area contributed by atoms with Crippen molar-refractivity contribution in [2.45, 2.75) is 32.4 Å². The molecule has 0 heterocycles. The van der Waals surface area contributed by atoms with Crippen molar-refractivity contribution in [1.29, 1.82) is 0 Å². The lowest BCUT2D eigenvalue weighted by Gasteiger charge is -2.21. The van der Waals surface area contributed by atoms with E-state index >= 15 is 0 Å². The van der Waals surface area contributed by atoms with Gasteiger partial charge in [0.25, 0.3) is 0 Å². The highest BCUT2D eigenvalue weighted by atomic mass is 16.5. The highest BCUT2D eigenvalue weighted by Crippen LogP contribution is 2.18. The molecule has 4 nitrogen and oxygen atoms in total. The van der Waals surface area contributed by atoms with Crippen LogP contribution in [0.1, 0.15) is 31.9 Å². The lowest BCUT2D eigenvalue weighted by atomic mass is 10.1. The van der Waals surface area contributed by atoms with Crippen molar-refractivity contribution in [3.8, 4) is 5.75 Å². The number of hydrogen-bond acceptors (Lipinski definition) is 4. The van der Waals surface area contributed by atoms with Gasteiger partial charge in [-0.15, -0.1) is 0 Å². The molecule has 108 valence electrons. The van der Waals surface area contributed by atoms with Crippen LogP contribution in [-0.2, 0) is 4.74 Å². The van der Waals surface area contributed by atoms with Crippen LogP contribution < -0.4 is 10.1 Å². The van der Waals surface area contributed by atoms with Gasteiger partial charge >= 0.3 is 0 Å². The number of hydrogen-bond donors (Lipinski definition) is 2. The van der Waals surface area contributed by atoms with Crippen LogP contribution in [0.3, 0.4) is 0 Å². The Morgan fingerprint density at radius 1 is 1.26 bits per heavy atom. The van der Waals surface area contributed by atoms with Crippen LogP contribution in [0, 0.1) is 0 Å². The number of methoxy groups -OCH3 is 1. The predicted molar refractivity (Wildman–Crippen MR) is 76.5 cm³/mol. The molecule has 0 radical (unpaired) electrons. The fourth-order valence-electron chi connectivity index (χ4n) is 1.88. The first kappa shape index (κ1) is 16.0. The van der Waals surface area contributed by atoms with E-state index in [0.717, 1.165) is 18.8 Å². The zero-order valence-corrected chi connectivity index (χ0v) is 12.1. The topological polar surface area (TPSA) is 50.7 Å². The molecule has 1 aromatic carbocycles. The Bertz CT molecular complexity index is 340. The summed E-state index contributed by atoms with van der Waals surface area (Å²) in [7, 11) is 1.63. The number of aliphatic hydroxyl groups is 1. The Hall–Kier alpha value is -1.10. The monoisotopic (exact) mass is 267 g/mol. The maximum Gasteiger partial charge on any atom is 0.119 e. The summed E-state index contributed by atoms with van der Waals surface area (Å²) in [5.41, 5.74) is 1.17. The minimum Gasteiger partial charge on any atom is -0.494 e. The molecule has 0 spiro atoms. The van der Waals surface area contributed by atoms with Gasteiger partial charge in [0.15, 0.2) is 0 Å². The number of nitrogens with one attached hydrogen (secondary N) is 1. The first-order valence-corrected chi connectivity index (χ1v) is 6.79. The molecule has 2 unspecified atom stereocenters. The van der Waals surface area contributed by atoms with Crippen LogP contribution in [0.5, 0.6) is 5.75 Å². The van der Waals surface area contributed by atoms with Crippen LogP contribution >= 0.6 is 0 Å². The van der Waals surface area contributed by atoms with Gasteiger partial charge in [-0.3, -0.25) is 0 Å². The zero-order chi connectivity index (χ0) is 14.1. The van der Waals surface area contributed by atoms with Crippen molar-refractivity contribution in [1.82, 2.24) is 5.32 Å². The molecule has 0 aliphatic rings. The molecular formula is C15H25NO3. The number of ether oxygens (including phenoxy) is 2. The van der Waals surface area contributed by atoms with Crippen LogP contribution in [0.15, 0.2) is 24.3 Å². The van der Waals surface area contributed by atoms with Gasteiger partial charge in [-0.2, -0.15) is 0 Å². The second-order valence-electron chi connectivity index (χ2n) is 4.64. The first-order valence-electron chi connectivity index (χ1n) is 6.79. The molecular weight excluding hydrogens is 242 g/mol. The molecule has 0 fully saturated rings. The van der Waals surface area contributed by atoms with E-state index in [9.17, 15) is 5.11 Å². The van der Waals surface area contributed by atoms with Crippen molar-refractivity contribution in [3.05, 3.63) is 29.8 Å². The molecule has 0 saturated carbocycles. The van der Waals surface area contributed by atoms with Crippen LogP contribution in [-0.4, -0.2) is 38.1 Å². The van der Waals surface area contributed by atoms with Gasteiger partial charge in [0.1, 0.15) is 5.75 Å².